The summed E-state index contributed by atoms with van der Waals surface area (Å²) in [5.41, 5.74) is -5.06. The van der Waals surface area contributed by atoms with Crippen LogP contribution >= 0.6 is 0 Å². The van der Waals surface area contributed by atoms with Crippen molar-refractivity contribution in [3.05, 3.63) is 63.8 Å². The predicted octanol–water partition coefficient (Wildman–Crippen LogP) is 3.91. The van der Waals surface area contributed by atoms with Crippen molar-refractivity contribution in [1.29, 1.82) is 0 Å². The minimum Gasteiger partial charge on any atom is -0.508 e. The summed E-state index contributed by atoms with van der Waals surface area (Å²) in [6, 6.07) is 4.29. The van der Waals surface area contributed by atoms with Gasteiger partial charge >= 0.3 is 6.18 Å². The highest BCUT2D eigenvalue weighted by Gasteiger charge is 2.64. The lowest BCUT2D eigenvalue weighted by Crippen LogP contribution is -2.58. The molecule has 1 heterocycles. The number of rotatable bonds is 2. The highest BCUT2D eigenvalue weighted by atomic mass is 19.4. The summed E-state index contributed by atoms with van der Waals surface area (Å²) in [4.78, 5) is 12.4. The molecule has 32 heavy (non-hydrogen) atoms. The topological polar surface area (TPSA) is 87.4 Å². The summed E-state index contributed by atoms with van der Waals surface area (Å²) < 4.78 is 58.0. The number of aryl methyl sites for hydroxylation is 1. The first-order chi connectivity index (χ1) is 14.8. The van der Waals surface area contributed by atoms with Gasteiger partial charge < -0.3 is 15.5 Å². The molecule has 1 aliphatic rings. The number of aromatic nitrogens is 2. The number of anilines is 1. The van der Waals surface area contributed by atoms with Gasteiger partial charge in [0.1, 0.15) is 11.6 Å². The van der Waals surface area contributed by atoms with Crippen LogP contribution in [0.2, 0.25) is 0 Å². The molecule has 1 aliphatic carbocycles. The number of hydrogen-bond acceptors (Lipinski definition) is 5. The van der Waals surface area contributed by atoms with Crippen molar-refractivity contribution < 1.29 is 27.8 Å². The molecule has 6 nitrogen and oxygen atoms in total. The van der Waals surface area contributed by atoms with E-state index in [0.717, 1.165) is 16.8 Å². The lowest BCUT2D eigenvalue weighted by molar-refractivity contribution is -0.276. The van der Waals surface area contributed by atoms with E-state index < -0.39 is 46.8 Å². The first-order valence-electron chi connectivity index (χ1n) is 9.80. The van der Waals surface area contributed by atoms with Crippen LogP contribution in [0.15, 0.2) is 41.3 Å². The lowest BCUT2D eigenvalue weighted by Gasteiger charge is -2.49. The van der Waals surface area contributed by atoms with Crippen LogP contribution < -0.4 is 10.9 Å². The average Bonchev–Trinajstić information content (AvgIpc) is 2.66. The molecular weight excluding hydrogens is 430 g/mol. The monoisotopic (exact) mass is 451 g/mol. The van der Waals surface area contributed by atoms with E-state index in [4.69, 9.17) is 0 Å². The molecule has 2 atom stereocenters. The summed E-state index contributed by atoms with van der Waals surface area (Å²) in [5.74, 6) is -1.43. The van der Waals surface area contributed by atoms with E-state index in [2.05, 4.69) is 10.4 Å². The fraction of sp³-hybridized carbons (Fsp3) is 0.364. The van der Waals surface area contributed by atoms with Gasteiger partial charge in [0.25, 0.3) is 5.56 Å². The maximum absolute atomic E-state index is 14.2. The normalized spacial score (nSPS) is 22.6. The van der Waals surface area contributed by atoms with Crippen LogP contribution in [0.4, 0.5) is 23.2 Å². The van der Waals surface area contributed by atoms with Crippen LogP contribution in [0.1, 0.15) is 37.4 Å². The Morgan fingerprint density at radius 1 is 1.22 bits per heavy atom. The Labute approximate surface area is 180 Å². The third-order valence-corrected chi connectivity index (χ3v) is 6.07. The van der Waals surface area contributed by atoms with Crippen LogP contribution in [0.25, 0.3) is 10.8 Å². The van der Waals surface area contributed by atoms with Crippen molar-refractivity contribution in [3.63, 3.8) is 0 Å². The molecule has 0 saturated heterocycles. The van der Waals surface area contributed by atoms with Crippen LogP contribution in [0.3, 0.4) is 0 Å². The SMILES string of the molecule is Cn1ncc2c(NC3c4cc(F)cc(O)c4C(C)(C)CC3(O)C(F)(F)F)cccc2c1=O. The Balaban J connectivity index is 1.99. The molecule has 0 amide bonds. The van der Waals surface area contributed by atoms with E-state index in [1.165, 1.54) is 45.3 Å². The first kappa shape index (κ1) is 22.1. The average molecular weight is 451 g/mol. The zero-order chi connectivity index (χ0) is 23.6. The maximum Gasteiger partial charge on any atom is 0.419 e. The summed E-state index contributed by atoms with van der Waals surface area (Å²) in [5, 5.41) is 28.4. The third kappa shape index (κ3) is 3.21. The van der Waals surface area contributed by atoms with E-state index in [9.17, 15) is 32.6 Å². The molecule has 0 saturated carbocycles. The number of aromatic hydroxyl groups is 1. The summed E-state index contributed by atoms with van der Waals surface area (Å²) in [6.45, 7) is 2.89. The zero-order valence-electron chi connectivity index (χ0n) is 17.5. The minimum atomic E-state index is -5.08. The molecule has 4 rings (SSSR count). The standard InChI is InChI=1S/C22H21F4N3O3/c1-20(2)10-21(32,22(24,25)26)18(13-7-11(23)8-16(30)17(13)20)28-15-6-4-5-12-14(15)9-27-29(3)19(12)31/h4-9,18,28,30,32H,10H2,1-3H3. The van der Waals surface area contributed by atoms with Gasteiger partial charge in [0.2, 0.25) is 0 Å². The molecule has 0 aliphatic heterocycles. The molecule has 2 aromatic carbocycles. The number of hydrogen-bond donors (Lipinski definition) is 3. The van der Waals surface area contributed by atoms with Crippen LogP contribution in [-0.4, -0.2) is 31.8 Å². The van der Waals surface area contributed by atoms with E-state index in [0.29, 0.717) is 0 Å². The number of halogens is 4. The number of alkyl halides is 3. The van der Waals surface area contributed by atoms with Crippen molar-refractivity contribution in [1.82, 2.24) is 9.78 Å². The number of fused-ring (bicyclic) bond motifs is 2. The Hall–Kier alpha value is -3.14. The summed E-state index contributed by atoms with van der Waals surface area (Å²) >= 11 is 0. The smallest absolute Gasteiger partial charge is 0.419 e. The van der Waals surface area contributed by atoms with Gasteiger partial charge in [-0.2, -0.15) is 18.3 Å². The number of nitrogens with one attached hydrogen (secondary N) is 1. The number of phenols is 1. The Bertz CT molecular complexity index is 1290. The molecule has 1 aromatic heterocycles. The Morgan fingerprint density at radius 2 is 1.91 bits per heavy atom. The molecule has 2 unspecified atom stereocenters. The largest absolute Gasteiger partial charge is 0.508 e. The van der Waals surface area contributed by atoms with Crippen molar-refractivity contribution in [3.8, 4) is 5.75 Å². The van der Waals surface area contributed by atoms with Crippen molar-refractivity contribution in [2.75, 3.05) is 5.32 Å². The van der Waals surface area contributed by atoms with Crippen LogP contribution in [0.5, 0.6) is 5.75 Å². The van der Waals surface area contributed by atoms with Crippen LogP contribution in [0, 0.1) is 5.82 Å². The lowest BCUT2D eigenvalue weighted by atomic mass is 9.63. The Morgan fingerprint density at radius 3 is 2.56 bits per heavy atom. The molecule has 170 valence electrons. The third-order valence-electron chi connectivity index (χ3n) is 6.07. The van der Waals surface area contributed by atoms with Gasteiger partial charge in [-0.25, -0.2) is 9.07 Å². The quantitative estimate of drug-likeness (QED) is 0.515. The zero-order valence-corrected chi connectivity index (χ0v) is 17.5. The minimum absolute atomic E-state index is 0.106. The number of aliphatic hydroxyl groups is 1. The van der Waals surface area contributed by atoms with Gasteiger partial charge in [-0.3, -0.25) is 4.79 Å². The Kier molecular flexibility index (Phi) is 4.78. The predicted molar refractivity (Wildman–Crippen MR) is 110 cm³/mol. The fourth-order valence-corrected chi connectivity index (χ4v) is 4.70. The highest BCUT2D eigenvalue weighted by Crippen LogP contribution is 2.56. The molecular formula is C22H21F4N3O3. The molecule has 3 N–H and O–H groups in total. The van der Waals surface area contributed by atoms with Gasteiger partial charge in [0.05, 0.1) is 17.6 Å². The first-order valence-corrected chi connectivity index (χ1v) is 9.80. The van der Waals surface area contributed by atoms with E-state index in [1.54, 1.807) is 0 Å². The van der Waals surface area contributed by atoms with Gasteiger partial charge in [-0.15, -0.1) is 0 Å². The fourth-order valence-electron chi connectivity index (χ4n) is 4.70. The second-order valence-electron chi connectivity index (χ2n) is 8.79. The van der Waals surface area contributed by atoms with Crippen molar-refractivity contribution in [2.45, 2.75) is 43.5 Å². The number of phenolic OH excluding ortho intramolecular Hbond substituents is 1. The van der Waals surface area contributed by atoms with Crippen LogP contribution in [-0.2, 0) is 12.5 Å². The van der Waals surface area contributed by atoms with E-state index >= 15 is 0 Å². The molecule has 0 bridgehead atoms. The molecule has 0 fully saturated rings. The number of nitrogens with zero attached hydrogens (tertiary/aromatic N) is 2. The van der Waals surface area contributed by atoms with Crippen molar-refractivity contribution >= 4 is 16.5 Å². The summed E-state index contributed by atoms with van der Waals surface area (Å²) in [6.07, 6.45) is -4.54. The van der Waals surface area contributed by atoms with Gasteiger partial charge in [0, 0.05) is 29.8 Å². The highest BCUT2D eigenvalue weighted by molar-refractivity contribution is 5.92. The van der Waals surface area contributed by atoms with Gasteiger partial charge in [-0.1, -0.05) is 19.9 Å². The molecule has 0 radical (unpaired) electrons. The number of benzene rings is 2. The van der Waals surface area contributed by atoms with E-state index in [1.807, 2.05) is 0 Å². The maximum atomic E-state index is 14.2. The second-order valence-corrected chi connectivity index (χ2v) is 8.79. The van der Waals surface area contributed by atoms with Crippen molar-refractivity contribution in [2.24, 2.45) is 7.05 Å². The second kappa shape index (κ2) is 6.93. The molecule has 3 aromatic rings. The van der Waals surface area contributed by atoms with Gasteiger partial charge in [0.15, 0.2) is 5.60 Å². The van der Waals surface area contributed by atoms with E-state index in [-0.39, 0.29) is 27.6 Å². The van der Waals surface area contributed by atoms with Gasteiger partial charge in [-0.05, 0) is 35.6 Å². The summed E-state index contributed by atoms with van der Waals surface area (Å²) in [7, 11) is 1.44. The molecule has 0 spiro atoms. The molecule has 10 heteroatoms.